The molecule has 2 aliphatic rings. The van der Waals surface area contributed by atoms with E-state index in [-0.39, 0.29) is 0 Å². The lowest BCUT2D eigenvalue weighted by Crippen LogP contribution is -2.36. The predicted octanol–water partition coefficient (Wildman–Crippen LogP) is 0.783. The van der Waals surface area contributed by atoms with Crippen LogP contribution >= 0.6 is 0 Å². The van der Waals surface area contributed by atoms with E-state index in [2.05, 4.69) is 16.9 Å². The Morgan fingerprint density at radius 2 is 2.50 bits per heavy atom. The highest BCUT2D eigenvalue weighted by Crippen LogP contribution is 2.21. The zero-order valence-electron chi connectivity index (χ0n) is 6.51. The van der Waals surface area contributed by atoms with Crippen molar-refractivity contribution in [1.82, 2.24) is 4.90 Å². The molecule has 56 valence electrons. The van der Waals surface area contributed by atoms with Crippen molar-refractivity contribution in [3.8, 4) is 0 Å². The number of hydrogen-bond donors (Lipinski definition) is 0. The smallest absolute Gasteiger partial charge is 0.0395 e. The van der Waals surface area contributed by atoms with Crippen LogP contribution in [0.1, 0.15) is 12.8 Å². The van der Waals surface area contributed by atoms with Crippen LogP contribution in [0.4, 0.5) is 0 Å². The average Bonchev–Trinajstić information content (AvgIpc) is 2.33. The highest BCUT2D eigenvalue weighted by molar-refractivity contribution is 5.89. The molecule has 10 heavy (non-hydrogen) atoms. The van der Waals surface area contributed by atoms with E-state index in [1.54, 1.807) is 0 Å². The molecule has 0 bridgehead atoms. The number of fused-ring (bicyclic) bond motifs is 1. The Morgan fingerprint density at radius 3 is 3.40 bits per heavy atom. The predicted molar refractivity (Wildman–Crippen MR) is 42.5 cm³/mol. The molecule has 2 heteroatoms. The van der Waals surface area contributed by atoms with Crippen molar-refractivity contribution in [1.29, 1.82) is 0 Å². The van der Waals surface area contributed by atoms with Gasteiger partial charge in [0, 0.05) is 31.3 Å². The zero-order valence-corrected chi connectivity index (χ0v) is 6.51. The van der Waals surface area contributed by atoms with Crippen molar-refractivity contribution in [3.05, 3.63) is 0 Å². The maximum absolute atomic E-state index is 4.48. The van der Waals surface area contributed by atoms with Gasteiger partial charge in [-0.3, -0.25) is 4.99 Å². The number of aliphatic imine (C=N–C) groups is 1. The third-order valence-corrected chi connectivity index (χ3v) is 2.55. The molecule has 0 aromatic carbocycles. The normalized spacial score (nSPS) is 33.7. The van der Waals surface area contributed by atoms with E-state index in [0.29, 0.717) is 0 Å². The summed E-state index contributed by atoms with van der Waals surface area (Å²) in [7, 11) is 2.20. The number of piperidine rings is 1. The summed E-state index contributed by atoms with van der Waals surface area (Å²) in [5, 5.41) is 0. The van der Waals surface area contributed by atoms with Gasteiger partial charge in [0.1, 0.15) is 0 Å². The summed E-state index contributed by atoms with van der Waals surface area (Å²) in [6.45, 7) is 3.56. The first-order chi connectivity index (χ1) is 4.86. The minimum atomic E-state index is 0.818. The van der Waals surface area contributed by atoms with Crippen LogP contribution in [0.15, 0.2) is 4.99 Å². The molecule has 0 aliphatic carbocycles. The van der Waals surface area contributed by atoms with E-state index >= 15 is 0 Å². The summed E-state index contributed by atoms with van der Waals surface area (Å²) in [6.07, 6.45) is 2.53. The molecule has 2 rings (SSSR count). The lowest BCUT2D eigenvalue weighted by atomic mass is 9.96. The van der Waals surface area contributed by atoms with Crippen LogP contribution in [0.2, 0.25) is 0 Å². The van der Waals surface area contributed by atoms with Crippen LogP contribution in [0.5, 0.6) is 0 Å². The van der Waals surface area contributed by atoms with Crippen molar-refractivity contribution in [2.75, 3.05) is 26.7 Å². The van der Waals surface area contributed by atoms with Gasteiger partial charge in [0.05, 0.1) is 0 Å². The van der Waals surface area contributed by atoms with Gasteiger partial charge in [0.15, 0.2) is 0 Å². The molecule has 1 atom stereocenters. The first kappa shape index (κ1) is 6.35. The number of hydrogen-bond acceptors (Lipinski definition) is 2. The van der Waals surface area contributed by atoms with E-state index in [4.69, 9.17) is 0 Å². The second-order valence-corrected chi connectivity index (χ2v) is 3.37. The molecule has 1 fully saturated rings. The number of likely N-dealkylation sites (tertiary alicyclic amines) is 1. The Bertz CT molecular complexity index is 163. The fourth-order valence-corrected chi connectivity index (χ4v) is 1.91. The van der Waals surface area contributed by atoms with Gasteiger partial charge in [-0.05, 0) is 19.9 Å². The Balaban J connectivity index is 2.06. The van der Waals surface area contributed by atoms with Crippen LogP contribution < -0.4 is 0 Å². The first-order valence-electron chi connectivity index (χ1n) is 4.08. The van der Waals surface area contributed by atoms with Crippen molar-refractivity contribution >= 4 is 5.71 Å². The summed E-state index contributed by atoms with van der Waals surface area (Å²) in [6, 6.07) is 0. The van der Waals surface area contributed by atoms with Gasteiger partial charge in [-0.15, -0.1) is 0 Å². The molecule has 0 radical (unpaired) electrons. The summed E-state index contributed by atoms with van der Waals surface area (Å²) in [5.74, 6) is 0.818. The van der Waals surface area contributed by atoms with Crippen LogP contribution in [0, 0.1) is 5.92 Å². The largest absolute Gasteiger partial charge is 0.305 e. The van der Waals surface area contributed by atoms with Crippen LogP contribution in [-0.2, 0) is 0 Å². The van der Waals surface area contributed by atoms with Crippen molar-refractivity contribution in [3.63, 3.8) is 0 Å². The van der Waals surface area contributed by atoms with E-state index in [1.807, 2.05) is 0 Å². The third kappa shape index (κ3) is 0.966. The molecule has 0 N–H and O–H groups in total. The van der Waals surface area contributed by atoms with Gasteiger partial charge in [-0.1, -0.05) is 0 Å². The molecular weight excluding hydrogens is 124 g/mol. The van der Waals surface area contributed by atoms with Crippen LogP contribution in [-0.4, -0.2) is 37.3 Å². The molecule has 2 aliphatic heterocycles. The topological polar surface area (TPSA) is 15.6 Å². The second kappa shape index (κ2) is 2.35. The minimum Gasteiger partial charge on any atom is -0.305 e. The van der Waals surface area contributed by atoms with E-state index in [1.165, 1.54) is 31.6 Å². The van der Waals surface area contributed by atoms with Crippen LogP contribution in [0.25, 0.3) is 0 Å². The Kier molecular flexibility index (Phi) is 1.49. The molecule has 0 amide bonds. The Hall–Kier alpha value is -0.370. The molecule has 0 spiro atoms. The molecular formula is C8H14N2. The fraction of sp³-hybridized carbons (Fsp3) is 0.875. The molecule has 2 heterocycles. The standard InChI is InChI=1S/C8H14N2/c1-10-5-3-8-7(6-10)2-4-9-8/h7H,2-6H2,1H3. The van der Waals surface area contributed by atoms with Gasteiger partial charge in [-0.25, -0.2) is 0 Å². The SMILES string of the molecule is CN1CCC2=NCCC2C1. The second-order valence-electron chi connectivity index (χ2n) is 3.37. The summed E-state index contributed by atoms with van der Waals surface area (Å²) in [5.41, 5.74) is 1.50. The summed E-state index contributed by atoms with van der Waals surface area (Å²) in [4.78, 5) is 6.89. The average molecular weight is 138 g/mol. The highest BCUT2D eigenvalue weighted by Gasteiger charge is 2.25. The summed E-state index contributed by atoms with van der Waals surface area (Å²) >= 11 is 0. The molecule has 0 aromatic heterocycles. The monoisotopic (exact) mass is 138 g/mol. The molecule has 0 saturated carbocycles. The molecule has 1 saturated heterocycles. The fourth-order valence-electron chi connectivity index (χ4n) is 1.91. The van der Waals surface area contributed by atoms with Gasteiger partial charge >= 0.3 is 0 Å². The number of rotatable bonds is 0. The lowest BCUT2D eigenvalue weighted by molar-refractivity contribution is 0.292. The molecule has 2 nitrogen and oxygen atoms in total. The van der Waals surface area contributed by atoms with Crippen molar-refractivity contribution in [2.45, 2.75) is 12.8 Å². The summed E-state index contributed by atoms with van der Waals surface area (Å²) < 4.78 is 0. The lowest BCUT2D eigenvalue weighted by Gasteiger charge is -2.27. The van der Waals surface area contributed by atoms with Crippen molar-refractivity contribution in [2.24, 2.45) is 10.9 Å². The third-order valence-electron chi connectivity index (χ3n) is 2.55. The van der Waals surface area contributed by atoms with Crippen LogP contribution in [0.3, 0.4) is 0 Å². The first-order valence-corrected chi connectivity index (χ1v) is 4.08. The van der Waals surface area contributed by atoms with E-state index in [9.17, 15) is 0 Å². The quantitative estimate of drug-likeness (QED) is 0.483. The van der Waals surface area contributed by atoms with Gasteiger partial charge in [-0.2, -0.15) is 0 Å². The Morgan fingerprint density at radius 1 is 1.60 bits per heavy atom. The maximum Gasteiger partial charge on any atom is 0.0395 e. The van der Waals surface area contributed by atoms with E-state index in [0.717, 1.165) is 12.5 Å². The van der Waals surface area contributed by atoms with Gasteiger partial charge in [0.25, 0.3) is 0 Å². The maximum atomic E-state index is 4.48. The Labute approximate surface area is 61.9 Å². The highest BCUT2D eigenvalue weighted by atomic mass is 15.1. The molecule has 1 unspecified atom stereocenters. The minimum absolute atomic E-state index is 0.818. The number of nitrogens with zero attached hydrogens (tertiary/aromatic N) is 2. The van der Waals surface area contributed by atoms with Gasteiger partial charge in [0.2, 0.25) is 0 Å². The van der Waals surface area contributed by atoms with Crippen molar-refractivity contribution < 1.29 is 0 Å². The molecule has 0 aromatic rings. The zero-order chi connectivity index (χ0) is 6.97. The van der Waals surface area contributed by atoms with Gasteiger partial charge < -0.3 is 4.90 Å². The van der Waals surface area contributed by atoms with E-state index < -0.39 is 0 Å².